The van der Waals surface area contributed by atoms with E-state index < -0.39 is 0 Å². The molecular formula is C10H17+. The van der Waals surface area contributed by atoms with Crippen LogP contribution < -0.4 is 0 Å². The van der Waals surface area contributed by atoms with E-state index >= 15 is 0 Å². The minimum Gasteiger partial charge on any atom is -0.0620 e. The first-order valence-electron chi connectivity index (χ1n) is 4.53. The molecule has 2 saturated carbocycles. The Hall–Kier alpha value is -0.130. The van der Waals surface area contributed by atoms with Gasteiger partial charge in [-0.2, -0.15) is 0 Å². The fourth-order valence-corrected chi connectivity index (χ4v) is 3.09. The third-order valence-electron chi connectivity index (χ3n) is 4.03. The third kappa shape index (κ3) is 0.652. The Balaban J connectivity index is 2.16. The largest absolute Gasteiger partial charge is 0.0986 e. The summed E-state index contributed by atoms with van der Waals surface area (Å²) in [6.07, 6.45) is 2.90. The Labute approximate surface area is 64.0 Å². The maximum absolute atomic E-state index is 4.21. The van der Waals surface area contributed by atoms with Crippen molar-refractivity contribution >= 4 is 0 Å². The Kier molecular flexibility index (Phi) is 1.27. The average Bonchev–Trinajstić information content (AvgIpc) is 2.36. The second-order valence-electron chi connectivity index (χ2n) is 4.37. The summed E-state index contributed by atoms with van der Waals surface area (Å²) in [6.45, 7) is 9.03. The Bertz CT molecular complexity index is 137. The normalized spacial score (nSPS) is 59.6. The van der Waals surface area contributed by atoms with Crippen LogP contribution in [0.25, 0.3) is 0 Å². The van der Waals surface area contributed by atoms with Gasteiger partial charge in [0.1, 0.15) is 0 Å². The summed E-state index contributed by atoms with van der Waals surface area (Å²) in [5, 5.41) is 0. The summed E-state index contributed by atoms with van der Waals surface area (Å²) in [7, 11) is 0. The highest BCUT2D eigenvalue weighted by Gasteiger charge is 2.49. The molecule has 0 aliphatic heterocycles. The number of hydrogen-bond donors (Lipinski definition) is 0. The third-order valence-corrected chi connectivity index (χ3v) is 4.03. The summed E-state index contributed by atoms with van der Waals surface area (Å²) in [5.41, 5.74) is 0. The lowest BCUT2D eigenvalue weighted by Crippen LogP contribution is -2.22. The maximum atomic E-state index is 4.21. The van der Waals surface area contributed by atoms with Gasteiger partial charge in [0.05, 0.1) is 12.8 Å². The molecule has 5 atom stereocenters. The summed E-state index contributed by atoms with van der Waals surface area (Å²) in [4.78, 5) is 0. The fourth-order valence-electron chi connectivity index (χ4n) is 3.09. The zero-order chi connectivity index (χ0) is 7.30. The average molecular weight is 137 g/mol. The topological polar surface area (TPSA) is 0 Å². The molecule has 0 saturated heterocycles. The molecule has 2 bridgehead atoms. The van der Waals surface area contributed by atoms with Gasteiger partial charge in [0.2, 0.25) is 0 Å². The van der Waals surface area contributed by atoms with Crippen LogP contribution >= 0.6 is 0 Å². The zero-order valence-corrected chi connectivity index (χ0v) is 7.01. The summed E-state index contributed by atoms with van der Waals surface area (Å²) >= 11 is 0. The number of hydrogen-bond acceptors (Lipinski definition) is 0. The molecule has 0 nitrogen and oxygen atoms in total. The molecule has 5 unspecified atom stereocenters. The first kappa shape index (κ1) is 6.57. The lowest BCUT2D eigenvalue weighted by Gasteiger charge is -2.25. The van der Waals surface area contributed by atoms with Crippen molar-refractivity contribution in [2.24, 2.45) is 29.6 Å². The van der Waals surface area contributed by atoms with Crippen molar-refractivity contribution in [1.82, 2.24) is 0 Å². The highest BCUT2D eigenvalue weighted by atomic mass is 14.5. The molecule has 0 aromatic rings. The van der Waals surface area contributed by atoms with Gasteiger partial charge >= 0.3 is 0 Å². The minimum absolute atomic E-state index is 0.788. The lowest BCUT2D eigenvalue weighted by atomic mass is 9.77. The molecule has 0 aromatic carbocycles. The van der Waals surface area contributed by atoms with Gasteiger partial charge in [-0.1, -0.05) is 13.8 Å². The lowest BCUT2D eigenvalue weighted by molar-refractivity contribution is 0.217. The summed E-state index contributed by atoms with van der Waals surface area (Å²) in [5.74, 6) is 4.74. The van der Waals surface area contributed by atoms with Gasteiger partial charge in [-0.25, -0.2) is 0 Å². The molecular weight excluding hydrogens is 120 g/mol. The van der Waals surface area contributed by atoms with E-state index in [0.717, 1.165) is 29.6 Å². The van der Waals surface area contributed by atoms with Crippen LogP contribution in [0, 0.1) is 36.5 Å². The molecule has 0 heterocycles. The molecule has 0 amide bonds. The molecule has 0 radical (unpaired) electrons. The van der Waals surface area contributed by atoms with E-state index in [1.165, 1.54) is 12.8 Å². The van der Waals surface area contributed by atoms with Crippen molar-refractivity contribution in [3.63, 3.8) is 0 Å². The van der Waals surface area contributed by atoms with Crippen molar-refractivity contribution in [2.45, 2.75) is 26.7 Å². The van der Waals surface area contributed by atoms with Crippen LogP contribution in [-0.4, -0.2) is 0 Å². The SMILES string of the molecule is [CH2+]C1CC2CC1C(C)C2C. The van der Waals surface area contributed by atoms with Crippen LogP contribution in [0.5, 0.6) is 0 Å². The van der Waals surface area contributed by atoms with Crippen molar-refractivity contribution < 1.29 is 0 Å². The maximum Gasteiger partial charge on any atom is 0.0986 e. The predicted molar refractivity (Wildman–Crippen MR) is 43.4 cm³/mol. The van der Waals surface area contributed by atoms with Crippen molar-refractivity contribution in [2.75, 3.05) is 0 Å². The van der Waals surface area contributed by atoms with Crippen LogP contribution in [-0.2, 0) is 0 Å². The molecule has 2 rings (SSSR count). The van der Waals surface area contributed by atoms with Gasteiger partial charge in [-0.3, -0.25) is 0 Å². The van der Waals surface area contributed by atoms with E-state index in [1.807, 2.05) is 0 Å². The Morgan fingerprint density at radius 1 is 1.10 bits per heavy atom. The molecule has 0 heteroatoms. The van der Waals surface area contributed by atoms with Crippen LogP contribution in [0.3, 0.4) is 0 Å². The Morgan fingerprint density at radius 3 is 2.20 bits per heavy atom. The molecule has 2 fully saturated rings. The van der Waals surface area contributed by atoms with Gasteiger partial charge in [-0.05, 0) is 30.6 Å². The second kappa shape index (κ2) is 1.93. The van der Waals surface area contributed by atoms with Crippen molar-refractivity contribution in [3.8, 4) is 0 Å². The molecule has 0 aromatic heterocycles. The van der Waals surface area contributed by atoms with Crippen LogP contribution in [0.1, 0.15) is 26.7 Å². The monoisotopic (exact) mass is 137 g/mol. The molecule has 0 spiro atoms. The van der Waals surface area contributed by atoms with Crippen molar-refractivity contribution in [3.05, 3.63) is 6.92 Å². The highest BCUT2D eigenvalue weighted by Crippen LogP contribution is 2.54. The van der Waals surface area contributed by atoms with Gasteiger partial charge in [0.25, 0.3) is 0 Å². The molecule has 56 valence electrons. The van der Waals surface area contributed by atoms with Gasteiger partial charge in [0, 0.05) is 5.92 Å². The zero-order valence-electron chi connectivity index (χ0n) is 7.01. The van der Waals surface area contributed by atoms with Gasteiger partial charge in [0.15, 0.2) is 0 Å². The van der Waals surface area contributed by atoms with Gasteiger partial charge < -0.3 is 0 Å². The predicted octanol–water partition coefficient (Wildman–Crippen LogP) is 2.75. The summed E-state index contributed by atoms with van der Waals surface area (Å²) < 4.78 is 0. The standard InChI is InChI=1S/C10H17/c1-6-4-9-5-10(6)8(3)7(9)2/h6-10H,1,4-5H2,2-3H3/q+1. The molecule has 2 aliphatic rings. The fraction of sp³-hybridized carbons (Fsp3) is 0.900. The number of fused-ring (bicyclic) bond motifs is 2. The van der Waals surface area contributed by atoms with Crippen molar-refractivity contribution in [1.29, 1.82) is 0 Å². The quantitative estimate of drug-likeness (QED) is 0.450. The van der Waals surface area contributed by atoms with E-state index in [0.29, 0.717) is 0 Å². The highest BCUT2D eigenvalue weighted by molar-refractivity contribution is 4.98. The van der Waals surface area contributed by atoms with Crippen LogP contribution in [0.2, 0.25) is 0 Å². The first-order chi connectivity index (χ1) is 4.70. The molecule has 2 aliphatic carbocycles. The number of rotatable bonds is 0. The van der Waals surface area contributed by atoms with E-state index in [9.17, 15) is 0 Å². The van der Waals surface area contributed by atoms with E-state index in [2.05, 4.69) is 20.8 Å². The minimum atomic E-state index is 0.788. The molecule has 0 N–H and O–H groups in total. The Morgan fingerprint density at radius 2 is 1.80 bits per heavy atom. The van der Waals surface area contributed by atoms with E-state index in [1.54, 1.807) is 0 Å². The van der Waals surface area contributed by atoms with Crippen LogP contribution in [0.4, 0.5) is 0 Å². The van der Waals surface area contributed by atoms with Gasteiger partial charge in [-0.15, -0.1) is 0 Å². The van der Waals surface area contributed by atoms with Crippen LogP contribution in [0.15, 0.2) is 0 Å². The summed E-state index contributed by atoms with van der Waals surface area (Å²) in [6, 6.07) is 0. The first-order valence-corrected chi connectivity index (χ1v) is 4.53. The smallest absolute Gasteiger partial charge is 0.0620 e. The molecule has 10 heavy (non-hydrogen) atoms. The second-order valence-corrected chi connectivity index (χ2v) is 4.37. The van der Waals surface area contributed by atoms with E-state index in [-0.39, 0.29) is 0 Å². The van der Waals surface area contributed by atoms with E-state index in [4.69, 9.17) is 0 Å².